The molecule has 0 amide bonds. The summed E-state index contributed by atoms with van der Waals surface area (Å²) in [4.78, 5) is 32.5. The number of aromatic nitrogens is 1. The van der Waals surface area contributed by atoms with Crippen LogP contribution in [0.25, 0.3) is 6.08 Å². The molecule has 0 N–H and O–H groups in total. The van der Waals surface area contributed by atoms with Gasteiger partial charge in [-0.3, -0.25) is 9.36 Å². The minimum absolute atomic E-state index is 0.0618. The summed E-state index contributed by atoms with van der Waals surface area (Å²) in [6.07, 6.45) is 1.76. The van der Waals surface area contributed by atoms with Crippen molar-refractivity contribution in [1.82, 2.24) is 4.57 Å². The number of methoxy groups -OCH3 is 1. The molecule has 2 heterocycles. The molecule has 8 nitrogen and oxygen atoms in total. The van der Waals surface area contributed by atoms with E-state index in [9.17, 15) is 9.59 Å². The van der Waals surface area contributed by atoms with E-state index in [0.29, 0.717) is 50.0 Å². The van der Waals surface area contributed by atoms with Crippen molar-refractivity contribution in [3.8, 4) is 17.2 Å². The van der Waals surface area contributed by atoms with Crippen molar-refractivity contribution >= 4 is 61.9 Å². The quantitative estimate of drug-likeness (QED) is 0.134. The zero-order chi connectivity index (χ0) is 32.2. The van der Waals surface area contributed by atoms with Crippen LogP contribution in [0.5, 0.6) is 17.2 Å². The van der Waals surface area contributed by atoms with Crippen molar-refractivity contribution in [3.05, 3.63) is 116 Å². The van der Waals surface area contributed by atoms with Crippen molar-refractivity contribution in [2.45, 2.75) is 46.4 Å². The summed E-state index contributed by atoms with van der Waals surface area (Å²) in [6.45, 7) is 7.99. The van der Waals surface area contributed by atoms with Crippen LogP contribution in [0.4, 0.5) is 0 Å². The summed E-state index contributed by atoms with van der Waals surface area (Å²) < 4.78 is 26.9. The topological polar surface area (TPSA) is 88.4 Å². The number of nitrogens with zero attached hydrogens (tertiary/aromatic N) is 2. The Morgan fingerprint density at radius 3 is 2.49 bits per heavy atom. The summed E-state index contributed by atoms with van der Waals surface area (Å²) in [7, 11) is 1.56. The Morgan fingerprint density at radius 2 is 1.82 bits per heavy atom. The summed E-state index contributed by atoms with van der Waals surface area (Å²) in [5.74, 6) is 1.24. The second kappa shape index (κ2) is 14.3. The van der Waals surface area contributed by atoms with Gasteiger partial charge in [-0.25, -0.2) is 9.79 Å². The highest BCUT2D eigenvalue weighted by atomic mass is 127. The molecule has 1 atom stereocenters. The minimum Gasteiger partial charge on any atom is -0.493 e. The van der Waals surface area contributed by atoms with Crippen molar-refractivity contribution < 1.29 is 23.7 Å². The number of thiazole rings is 1. The van der Waals surface area contributed by atoms with E-state index in [1.54, 1.807) is 37.7 Å². The van der Waals surface area contributed by atoms with Gasteiger partial charge in [0.05, 0.1) is 46.1 Å². The van der Waals surface area contributed by atoms with E-state index in [0.717, 1.165) is 15.6 Å². The fraction of sp³-hybridized carbons (Fsp3) is 0.265. The Hall–Kier alpha value is -3.42. The molecule has 0 bridgehead atoms. The van der Waals surface area contributed by atoms with Crippen LogP contribution < -0.4 is 29.1 Å². The van der Waals surface area contributed by atoms with Crippen LogP contribution in [0.1, 0.15) is 50.4 Å². The molecular formula is C34H32BrIN2O6S. The predicted octanol–water partition coefficient (Wildman–Crippen LogP) is 6.54. The molecular weight excluding hydrogens is 771 g/mol. The molecule has 234 valence electrons. The number of fused-ring (bicyclic) bond motifs is 1. The molecule has 0 aliphatic carbocycles. The standard InChI is InChI=1S/C34H32BrIN2O6S/c1-6-42-33(40)30-20(4)37-34-38(31(30)23-10-14-27(44-19(2)3)28(17-23)41-5)32(39)29(45-34)16-22-9-13-26(25(35)15-22)43-18-21-7-11-24(36)12-8-21/h7-17,19,31H,6,18H2,1-5H3/b29-16-/t31-/m1/s1. The first kappa shape index (κ1) is 33.0. The van der Waals surface area contributed by atoms with Gasteiger partial charge < -0.3 is 18.9 Å². The molecule has 0 saturated carbocycles. The van der Waals surface area contributed by atoms with Crippen molar-refractivity contribution in [2.24, 2.45) is 4.99 Å². The minimum atomic E-state index is -0.770. The van der Waals surface area contributed by atoms with Gasteiger partial charge in [-0.1, -0.05) is 35.6 Å². The molecule has 1 aromatic heterocycles. The van der Waals surface area contributed by atoms with Gasteiger partial charge in [0, 0.05) is 3.57 Å². The van der Waals surface area contributed by atoms with Crippen LogP contribution in [-0.4, -0.2) is 30.4 Å². The SMILES string of the molecule is CCOC(=O)C1=C(C)N=c2s/c(=C\c3ccc(OCc4ccc(I)cc4)c(Br)c3)c(=O)n2[C@@H]1c1ccc(OC(C)C)c(OC)c1. The lowest BCUT2D eigenvalue weighted by molar-refractivity contribution is -0.139. The van der Waals surface area contributed by atoms with Gasteiger partial charge in [-0.05, 0) is 125 Å². The Morgan fingerprint density at radius 1 is 1.09 bits per heavy atom. The number of carbonyl (C=O) groups excluding carboxylic acids is 1. The van der Waals surface area contributed by atoms with Crippen LogP contribution >= 0.6 is 49.9 Å². The predicted molar refractivity (Wildman–Crippen MR) is 187 cm³/mol. The van der Waals surface area contributed by atoms with E-state index < -0.39 is 12.0 Å². The zero-order valence-corrected chi connectivity index (χ0v) is 30.0. The van der Waals surface area contributed by atoms with E-state index in [-0.39, 0.29) is 18.3 Å². The van der Waals surface area contributed by atoms with Crippen LogP contribution in [0.2, 0.25) is 0 Å². The molecule has 1 aliphatic rings. The first-order valence-corrected chi connectivity index (χ1v) is 17.0. The fourth-order valence-corrected chi connectivity index (χ4v) is 6.85. The highest BCUT2D eigenvalue weighted by Gasteiger charge is 2.34. The number of carbonyl (C=O) groups is 1. The Balaban J connectivity index is 1.54. The fourth-order valence-electron chi connectivity index (χ4n) is 4.93. The summed E-state index contributed by atoms with van der Waals surface area (Å²) in [6, 6.07) is 18.5. The van der Waals surface area contributed by atoms with Crippen molar-refractivity contribution in [3.63, 3.8) is 0 Å². The van der Waals surface area contributed by atoms with Gasteiger partial charge in [0.1, 0.15) is 12.4 Å². The van der Waals surface area contributed by atoms with Crippen LogP contribution in [-0.2, 0) is 16.1 Å². The van der Waals surface area contributed by atoms with E-state index in [4.69, 9.17) is 18.9 Å². The Labute approximate surface area is 287 Å². The average Bonchev–Trinajstić information content (AvgIpc) is 3.30. The molecule has 0 radical (unpaired) electrons. The summed E-state index contributed by atoms with van der Waals surface area (Å²) in [5.41, 5.74) is 3.07. The molecule has 11 heteroatoms. The number of ether oxygens (including phenoxy) is 4. The molecule has 0 spiro atoms. The second-order valence-corrected chi connectivity index (χ2v) is 13.6. The van der Waals surface area contributed by atoms with Crippen LogP contribution in [0.3, 0.4) is 0 Å². The zero-order valence-electron chi connectivity index (χ0n) is 25.4. The van der Waals surface area contributed by atoms with E-state index in [1.165, 1.54) is 14.9 Å². The maximum absolute atomic E-state index is 14.1. The third-order valence-corrected chi connectivity index (χ3v) is 9.27. The Bertz CT molecular complexity index is 1950. The van der Waals surface area contributed by atoms with Crippen LogP contribution in [0.15, 0.2) is 86.2 Å². The second-order valence-electron chi connectivity index (χ2n) is 10.5. The van der Waals surface area contributed by atoms with Gasteiger partial charge in [0.2, 0.25) is 0 Å². The third-order valence-electron chi connectivity index (χ3n) is 6.94. The number of benzene rings is 3. The normalized spacial score (nSPS) is 14.7. The molecule has 5 rings (SSSR count). The lowest BCUT2D eigenvalue weighted by Gasteiger charge is -2.25. The van der Waals surface area contributed by atoms with E-state index in [2.05, 4.69) is 43.5 Å². The van der Waals surface area contributed by atoms with Gasteiger partial charge in [0.15, 0.2) is 16.3 Å². The van der Waals surface area contributed by atoms with Crippen molar-refractivity contribution in [1.29, 1.82) is 0 Å². The molecule has 0 unspecified atom stereocenters. The summed E-state index contributed by atoms with van der Waals surface area (Å²) >= 11 is 7.16. The highest BCUT2D eigenvalue weighted by molar-refractivity contribution is 14.1. The van der Waals surface area contributed by atoms with Gasteiger partial charge in [-0.2, -0.15) is 0 Å². The Kier molecular flexibility index (Phi) is 10.5. The first-order chi connectivity index (χ1) is 21.6. The molecule has 0 fully saturated rings. The molecule has 0 saturated heterocycles. The van der Waals surface area contributed by atoms with Gasteiger partial charge in [-0.15, -0.1) is 0 Å². The maximum atomic E-state index is 14.1. The van der Waals surface area contributed by atoms with Crippen molar-refractivity contribution in [2.75, 3.05) is 13.7 Å². The van der Waals surface area contributed by atoms with E-state index >= 15 is 0 Å². The molecule has 1 aliphatic heterocycles. The number of allylic oxidation sites excluding steroid dienone is 1. The van der Waals surface area contributed by atoms with Gasteiger partial charge in [0.25, 0.3) is 5.56 Å². The van der Waals surface area contributed by atoms with Crippen LogP contribution in [0, 0.1) is 3.57 Å². The number of halogens is 2. The average molecular weight is 804 g/mol. The maximum Gasteiger partial charge on any atom is 0.338 e. The lowest BCUT2D eigenvalue weighted by Crippen LogP contribution is -2.40. The highest BCUT2D eigenvalue weighted by Crippen LogP contribution is 2.36. The monoisotopic (exact) mass is 802 g/mol. The lowest BCUT2D eigenvalue weighted by atomic mass is 9.95. The number of hydrogen-bond acceptors (Lipinski definition) is 8. The number of rotatable bonds is 10. The molecule has 3 aromatic carbocycles. The van der Waals surface area contributed by atoms with E-state index in [1.807, 2.05) is 68.5 Å². The molecule has 4 aromatic rings. The largest absolute Gasteiger partial charge is 0.493 e. The first-order valence-electron chi connectivity index (χ1n) is 14.3. The van der Waals surface area contributed by atoms with Gasteiger partial charge >= 0.3 is 5.97 Å². The number of hydrogen-bond donors (Lipinski definition) is 0. The molecule has 45 heavy (non-hydrogen) atoms. The summed E-state index contributed by atoms with van der Waals surface area (Å²) in [5, 5.41) is 0. The smallest absolute Gasteiger partial charge is 0.338 e. The third kappa shape index (κ3) is 7.36. The number of esters is 1.